The van der Waals surface area contributed by atoms with Crippen LogP contribution >= 0.6 is 0 Å². The largest absolute Gasteiger partial charge is 0.434 e. The van der Waals surface area contributed by atoms with Gasteiger partial charge in [-0.1, -0.05) is 0 Å². The molecule has 0 aromatic carbocycles. The number of anilines is 1. The fourth-order valence-corrected chi connectivity index (χ4v) is 4.08. The minimum absolute atomic E-state index is 0.155. The third-order valence-electron chi connectivity index (χ3n) is 5.65. The van der Waals surface area contributed by atoms with E-state index in [1.165, 1.54) is 17.3 Å². The Morgan fingerprint density at radius 3 is 2.90 bits per heavy atom. The Kier molecular flexibility index (Phi) is 5.85. The number of nitrogens with zero attached hydrogens (tertiary/aromatic N) is 6. The summed E-state index contributed by atoms with van der Waals surface area (Å²) in [6.45, 7) is 7.00. The number of hydrogen-bond acceptors (Lipinski definition) is 7. The number of allylic oxidation sites excluding steroid dienone is 1. The summed E-state index contributed by atoms with van der Waals surface area (Å²) in [4.78, 5) is 19.7. The smallest absolute Gasteiger partial charge is 0.381 e. The second-order valence-electron chi connectivity index (χ2n) is 7.53. The topological polar surface area (TPSA) is 66.2 Å². The molecular formula is C20H23F3N6O. The van der Waals surface area contributed by atoms with Crippen LogP contribution in [0.25, 0.3) is 5.70 Å². The minimum atomic E-state index is -4.54. The third-order valence-corrected chi connectivity index (χ3v) is 5.65. The van der Waals surface area contributed by atoms with Gasteiger partial charge in [-0.2, -0.15) is 13.2 Å². The molecule has 3 aliphatic heterocycles. The Hall–Kier alpha value is -2.75. The first kappa shape index (κ1) is 20.5. The fraction of sp³-hybridized carbons (Fsp3) is 0.500. The van der Waals surface area contributed by atoms with Gasteiger partial charge in [0, 0.05) is 44.9 Å². The van der Waals surface area contributed by atoms with E-state index in [1.807, 2.05) is 6.07 Å². The van der Waals surface area contributed by atoms with Gasteiger partial charge in [0.05, 0.1) is 12.7 Å². The molecule has 0 N–H and O–H groups in total. The highest BCUT2D eigenvalue weighted by atomic mass is 19.4. The predicted molar refractivity (Wildman–Crippen MR) is 108 cm³/mol. The molecule has 2 fully saturated rings. The van der Waals surface area contributed by atoms with E-state index >= 15 is 0 Å². The molecule has 1 aromatic heterocycles. The van der Waals surface area contributed by atoms with Crippen molar-refractivity contribution in [3.63, 3.8) is 0 Å². The van der Waals surface area contributed by atoms with Crippen LogP contribution in [0.1, 0.15) is 18.7 Å². The number of halogens is 3. The lowest BCUT2D eigenvalue weighted by molar-refractivity contribution is -0.0934. The first-order valence-electron chi connectivity index (χ1n) is 9.86. The molecule has 0 bridgehead atoms. The number of aromatic nitrogens is 2. The molecule has 1 aromatic rings. The quantitative estimate of drug-likeness (QED) is 0.685. The summed E-state index contributed by atoms with van der Waals surface area (Å²) in [7, 11) is 0. The van der Waals surface area contributed by atoms with Crippen molar-refractivity contribution >= 4 is 24.4 Å². The second kappa shape index (κ2) is 8.55. The monoisotopic (exact) mass is 420 g/mol. The summed E-state index contributed by atoms with van der Waals surface area (Å²) >= 11 is 0. The maximum atomic E-state index is 13.1. The van der Waals surface area contributed by atoms with Crippen molar-refractivity contribution in [2.45, 2.75) is 19.0 Å². The molecule has 10 heteroatoms. The van der Waals surface area contributed by atoms with E-state index < -0.39 is 11.9 Å². The van der Waals surface area contributed by atoms with Crippen LogP contribution in [0.3, 0.4) is 0 Å². The van der Waals surface area contributed by atoms with Gasteiger partial charge < -0.3 is 14.5 Å². The van der Waals surface area contributed by atoms with Crippen LogP contribution < -0.4 is 4.90 Å². The molecule has 0 aliphatic carbocycles. The number of hydrogen-bond donors (Lipinski definition) is 0. The van der Waals surface area contributed by atoms with Crippen LogP contribution in [0.4, 0.5) is 19.0 Å². The van der Waals surface area contributed by atoms with E-state index in [0.29, 0.717) is 23.4 Å². The van der Waals surface area contributed by atoms with Crippen molar-refractivity contribution < 1.29 is 17.9 Å². The van der Waals surface area contributed by atoms with E-state index in [2.05, 4.69) is 31.6 Å². The molecular weight excluding hydrogens is 397 g/mol. The average molecular weight is 420 g/mol. The highest BCUT2D eigenvalue weighted by Crippen LogP contribution is 2.33. The molecule has 160 valence electrons. The van der Waals surface area contributed by atoms with Crippen LogP contribution in [0.5, 0.6) is 0 Å². The number of ether oxygens (including phenoxy) is 1. The zero-order valence-corrected chi connectivity index (χ0v) is 16.4. The van der Waals surface area contributed by atoms with Crippen LogP contribution in [0, 0.1) is 11.8 Å². The molecule has 4 heterocycles. The van der Waals surface area contributed by atoms with Crippen molar-refractivity contribution in [3.8, 4) is 0 Å². The predicted octanol–water partition coefficient (Wildman–Crippen LogP) is 3.13. The molecule has 0 radical (unpaired) electrons. The van der Waals surface area contributed by atoms with Crippen molar-refractivity contribution in [3.05, 3.63) is 36.2 Å². The summed E-state index contributed by atoms with van der Waals surface area (Å²) in [5.41, 5.74) is -0.652. The maximum Gasteiger partial charge on any atom is 0.434 e. The molecule has 2 unspecified atom stereocenters. The first-order chi connectivity index (χ1) is 14.5. The van der Waals surface area contributed by atoms with E-state index in [1.54, 1.807) is 6.20 Å². The summed E-state index contributed by atoms with van der Waals surface area (Å²) in [5, 5.41) is 0. The summed E-state index contributed by atoms with van der Waals surface area (Å²) < 4.78 is 44.8. The average Bonchev–Trinajstić information content (AvgIpc) is 3.43. The molecule has 4 rings (SSSR count). The van der Waals surface area contributed by atoms with Gasteiger partial charge in [0.15, 0.2) is 11.5 Å². The molecule has 0 amide bonds. The van der Waals surface area contributed by atoms with Crippen molar-refractivity contribution in [1.29, 1.82) is 0 Å². The minimum Gasteiger partial charge on any atom is -0.381 e. The van der Waals surface area contributed by atoms with Crippen molar-refractivity contribution in [2.24, 2.45) is 21.8 Å². The molecule has 2 saturated heterocycles. The van der Waals surface area contributed by atoms with Crippen LogP contribution in [0.2, 0.25) is 0 Å². The van der Waals surface area contributed by atoms with E-state index in [-0.39, 0.29) is 6.54 Å². The fourth-order valence-electron chi connectivity index (χ4n) is 4.08. The zero-order chi connectivity index (χ0) is 21.1. The van der Waals surface area contributed by atoms with Gasteiger partial charge in [-0.15, -0.1) is 0 Å². The van der Waals surface area contributed by atoms with Gasteiger partial charge in [-0.25, -0.2) is 9.97 Å². The molecule has 30 heavy (non-hydrogen) atoms. The molecule has 0 spiro atoms. The maximum absolute atomic E-state index is 13.1. The SMILES string of the molecule is C=N/C=C(/c1nccc(N2CCC(C3CCOC3)C2)n1)N1C=C(C(F)(F)F)N=CC1. The van der Waals surface area contributed by atoms with Crippen LogP contribution in [-0.4, -0.2) is 66.8 Å². The zero-order valence-electron chi connectivity index (χ0n) is 16.4. The van der Waals surface area contributed by atoms with Crippen LogP contribution in [0.15, 0.2) is 40.3 Å². The summed E-state index contributed by atoms with van der Waals surface area (Å²) in [6.07, 6.45) is 2.76. The number of rotatable bonds is 5. The molecule has 7 nitrogen and oxygen atoms in total. The number of aliphatic imine (C=N–C) groups is 2. The lowest BCUT2D eigenvalue weighted by Crippen LogP contribution is -2.27. The molecule has 3 aliphatic rings. The first-order valence-corrected chi connectivity index (χ1v) is 9.86. The Morgan fingerprint density at radius 1 is 1.30 bits per heavy atom. The van der Waals surface area contributed by atoms with E-state index in [9.17, 15) is 13.2 Å². The summed E-state index contributed by atoms with van der Waals surface area (Å²) in [5.74, 6) is 2.18. The lowest BCUT2D eigenvalue weighted by Gasteiger charge is -2.25. The Labute approximate surface area is 172 Å². The second-order valence-corrected chi connectivity index (χ2v) is 7.53. The Morgan fingerprint density at radius 2 is 2.17 bits per heavy atom. The highest BCUT2D eigenvalue weighted by Gasteiger charge is 2.36. The lowest BCUT2D eigenvalue weighted by atomic mass is 9.91. The molecule has 0 saturated carbocycles. The normalized spacial score (nSPS) is 25.0. The Bertz CT molecular complexity index is 876. The standard InChI is InChI=1S/C20H23F3N6O/c1-24-10-16(28-8-6-25-17(12-28)20(21,22)23)19-26-5-2-18(27-19)29-7-3-14(11-29)15-4-9-30-13-15/h2,5-6,10,12,14-15H,1,3-4,7-9,11,13H2/b16-10-. The van der Waals surface area contributed by atoms with Gasteiger partial charge in [-0.05, 0) is 37.5 Å². The third kappa shape index (κ3) is 4.38. The van der Waals surface area contributed by atoms with Crippen molar-refractivity contribution in [1.82, 2.24) is 14.9 Å². The van der Waals surface area contributed by atoms with E-state index in [0.717, 1.165) is 51.2 Å². The van der Waals surface area contributed by atoms with Gasteiger partial charge >= 0.3 is 6.18 Å². The highest BCUT2D eigenvalue weighted by molar-refractivity contribution is 5.70. The number of alkyl halides is 3. The summed E-state index contributed by atoms with van der Waals surface area (Å²) in [6, 6.07) is 1.82. The Balaban J connectivity index is 1.55. The van der Waals surface area contributed by atoms with Gasteiger partial charge in [0.2, 0.25) is 0 Å². The molecule has 2 atom stereocenters. The van der Waals surface area contributed by atoms with Gasteiger partial charge in [0.25, 0.3) is 0 Å². The van der Waals surface area contributed by atoms with Gasteiger partial charge in [0.1, 0.15) is 11.5 Å². The van der Waals surface area contributed by atoms with E-state index in [4.69, 9.17) is 4.74 Å². The van der Waals surface area contributed by atoms with Crippen LogP contribution in [-0.2, 0) is 4.74 Å². The van der Waals surface area contributed by atoms with Gasteiger partial charge in [-0.3, -0.25) is 9.98 Å². The van der Waals surface area contributed by atoms with Crippen molar-refractivity contribution in [2.75, 3.05) is 37.7 Å².